The van der Waals surface area contributed by atoms with Gasteiger partial charge < -0.3 is 14.2 Å². The van der Waals surface area contributed by atoms with Gasteiger partial charge in [0.1, 0.15) is 13.2 Å². The fourth-order valence-electron chi connectivity index (χ4n) is 11.5. The van der Waals surface area contributed by atoms with E-state index in [1.807, 2.05) is 0 Å². The fraction of sp³-hybridized carbons (Fsp3) is 0.883. The molecule has 0 aliphatic carbocycles. The Kier molecular flexibility index (Phi) is 70.0. The molecule has 0 aliphatic heterocycles. The second kappa shape index (κ2) is 72.1. The molecular formula is C77H144O6. The first-order valence-electron chi connectivity index (χ1n) is 37.5. The lowest BCUT2D eigenvalue weighted by atomic mass is 10.0. The Bertz CT molecular complexity index is 1380. The summed E-state index contributed by atoms with van der Waals surface area (Å²) in [5.41, 5.74) is 0. The highest BCUT2D eigenvalue weighted by Crippen LogP contribution is 2.19. The van der Waals surface area contributed by atoms with E-state index in [0.717, 1.165) is 70.6 Å². The zero-order valence-electron chi connectivity index (χ0n) is 56.2. The molecule has 0 aromatic rings. The van der Waals surface area contributed by atoms with E-state index in [-0.39, 0.29) is 31.1 Å². The van der Waals surface area contributed by atoms with Crippen molar-refractivity contribution in [3.05, 3.63) is 36.5 Å². The van der Waals surface area contributed by atoms with Crippen molar-refractivity contribution in [1.82, 2.24) is 0 Å². The Hall–Kier alpha value is -2.37. The summed E-state index contributed by atoms with van der Waals surface area (Å²) in [7, 11) is 0. The van der Waals surface area contributed by atoms with Gasteiger partial charge in [0, 0.05) is 19.3 Å². The molecule has 0 heterocycles. The number of esters is 3. The zero-order valence-corrected chi connectivity index (χ0v) is 56.2. The maximum absolute atomic E-state index is 13.0. The van der Waals surface area contributed by atoms with Crippen LogP contribution in [0.4, 0.5) is 0 Å². The molecule has 83 heavy (non-hydrogen) atoms. The first kappa shape index (κ1) is 80.6. The van der Waals surface area contributed by atoms with Crippen molar-refractivity contribution in [3.8, 4) is 0 Å². The van der Waals surface area contributed by atoms with Crippen molar-refractivity contribution in [3.63, 3.8) is 0 Å². The topological polar surface area (TPSA) is 78.9 Å². The summed E-state index contributed by atoms with van der Waals surface area (Å²) in [5, 5.41) is 0. The Labute approximate surface area is 518 Å². The summed E-state index contributed by atoms with van der Waals surface area (Å²) in [6.45, 7) is 6.71. The predicted octanol–water partition coefficient (Wildman–Crippen LogP) is 25.9. The fourth-order valence-corrected chi connectivity index (χ4v) is 11.5. The first-order chi connectivity index (χ1) is 41.0. The van der Waals surface area contributed by atoms with Crippen molar-refractivity contribution in [2.75, 3.05) is 13.2 Å². The molecule has 0 saturated heterocycles. The Morgan fingerprint density at radius 3 is 0.675 bits per heavy atom. The molecule has 0 aliphatic rings. The van der Waals surface area contributed by atoms with Gasteiger partial charge in [0.2, 0.25) is 0 Å². The summed E-state index contributed by atoms with van der Waals surface area (Å²) < 4.78 is 17.0. The lowest BCUT2D eigenvalue weighted by Gasteiger charge is -2.18. The number of carbonyl (C=O) groups is 3. The quantitative estimate of drug-likeness (QED) is 0.0261. The molecule has 0 spiro atoms. The Morgan fingerprint density at radius 1 is 0.241 bits per heavy atom. The van der Waals surface area contributed by atoms with Crippen molar-refractivity contribution < 1.29 is 28.6 Å². The molecule has 0 radical (unpaired) electrons. The lowest BCUT2D eigenvalue weighted by Crippen LogP contribution is -2.30. The van der Waals surface area contributed by atoms with E-state index in [1.54, 1.807) is 0 Å². The lowest BCUT2D eigenvalue weighted by molar-refractivity contribution is -0.167. The second-order valence-corrected chi connectivity index (χ2v) is 25.6. The van der Waals surface area contributed by atoms with Crippen LogP contribution in [0.3, 0.4) is 0 Å². The summed E-state index contributed by atoms with van der Waals surface area (Å²) in [4.78, 5) is 38.5. The van der Waals surface area contributed by atoms with Crippen LogP contribution in [0.2, 0.25) is 0 Å². The maximum Gasteiger partial charge on any atom is 0.306 e. The third-order valence-electron chi connectivity index (χ3n) is 17.1. The van der Waals surface area contributed by atoms with Crippen molar-refractivity contribution in [2.45, 2.75) is 425 Å². The van der Waals surface area contributed by atoms with Crippen LogP contribution in [-0.4, -0.2) is 37.2 Å². The first-order valence-corrected chi connectivity index (χ1v) is 37.5. The minimum atomic E-state index is -0.772. The smallest absolute Gasteiger partial charge is 0.306 e. The van der Waals surface area contributed by atoms with Gasteiger partial charge in [0.15, 0.2) is 6.10 Å². The zero-order chi connectivity index (χ0) is 59.9. The van der Waals surface area contributed by atoms with E-state index in [9.17, 15) is 14.4 Å². The Balaban J connectivity index is 4.21. The average Bonchev–Trinajstić information content (AvgIpc) is 3.49. The van der Waals surface area contributed by atoms with Crippen LogP contribution in [0.1, 0.15) is 419 Å². The van der Waals surface area contributed by atoms with Gasteiger partial charge in [-0.2, -0.15) is 0 Å². The van der Waals surface area contributed by atoms with Crippen LogP contribution in [0.15, 0.2) is 36.5 Å². The summed E-state index contributed by atoms with van der Waals surface area (Å²) in [5.74, 6) is -0.839. The van der Waals surface area contributed by atoms with Crippen molar-refractivity contribution >= 4 is 17.9 Å². The SMILES string of the molecule is CCCCCCC/C=C\C/C=C\C/C=C\CCCCCCCCCCCCC(=O)OC(COC(=O)CCCCCCCCCCCCCCC)COC(=O)CCCCCCCCCCCCCCCCCCCCCCCCCCCCC. The van der Waals surface area contributed by atoms with E-state index in [0.29, 0.717) is 19.3 Å². The van der Waals surface area contributed by atoms with Gasteiger partial charge in [0.05, 0.1) is 0 Å². The van der Waals surface area contributed by atoms with Crippen molar-refractivity contribution in [2.24, 2.45) is 0 Å². The van der Waals surface area contributed by atoms with E-state index in [2.05, 4.69) is 57.2 Å². The van der Waals surface area contributed by atoms with Gasteiger partial charge in [0.25, 0.3) is 0 Å². The number of carbonyl (C=O) groups excluding carboxylic acids is 3. The summed E-state index contributed by atoms with van der Waals surface area (Å²) in [6.07, 6.45) is 90.5. The highest BCUT2D eigenvalue weighted by molar-refractivity contribution is 5.71. The van der Waals surface area contributed by atoms with Gasteiger partial charge >= 0.3 is 17.9 Å². The van der Waals surface area contributed by atoms with Gasteiger partial charge in [-0.1, -0.05) is 378 Å². The number of ether oxygens (including phenoxy) is 3. The van der Waals surface area contributed by atoms with Gasteiger partial charge in [-0.25, -0.2) is 0 Å². The van der Waals surface area contributed by atoms with Crippen LogP contribution >= 0.6 is 0 Å². The number of unbranched alkanes of at least 4 members (excludes halogenated alkanes) is 53. The number of allylic oxidation sites excluding steroid dienone is 6. The minimum Gasteiger partial charge on any atom is -0.462 e. The van der Waals surface area contributed by atoms with Crippen LogP contribution < -0.4 is 0 Å². The molecule has 0 aromatic carbocycles. The molecule has 0 fully saturated rings. The molecule has 1 unspecified atom stereocenters. The number of rotatable bonds is 70. The van der Waals surface area contributed by atoms with E-state index in [4.69, 9.17) is 14.2 Å². The summed E-state index contributed by atoms with van der Waals surface area (Å²) >= 11 is 0. The third-order valence-corrected chi connectivity index (χ3v) is 17.1. The van der Waals surface area contributed by atoms with E-state index in [1.165, 1.54) is 308 Å². The summed E-state index contributed by atoms with van der Waals surface area (Å²) in [6, 6.07) is 0. The number of hydrogen-bond acceptors (Lipinski definition) is 6. The molecule has 6 nitrogen and oxygen atoms in total. The van der Waals surface area contributed by atoms with Gasteiger partial charge in [-0.3, -0.25) is 14.4 Å². The second-order valence-electron chi connectivity index (χ2n) is 25.6. The predicted molar refractivity (Wildman–Crippen MR) is 362 cm³/mol. The van der Waals surface area contributed by atoms with Gasteiger partial charge in [-0.15, -0.1) is 0 Å². The highest BCUT2D eigenvalue weighted by atomic mass is 16.6. The van der Waals surface area contributed by atoms with Crippen LogP contribution in [-0.2, 0) is 28.6 Å². The normalized spacial score (nSPS) is 12.2. The third kappa shape index (κ3) is 70.3. The molecule has 0 bridgehead atoms. The molecule has 0 saturated carbocycles. The highest BCUT2D eigenvalue weighted by Gasteiger charge is 2.20. The monoisotopic (exact) mass is 1170 g/mol. The number of hydrogen-bond donors (Lipinski definition) is 0. The molecular weight excluding hydrogens is 1020 g/mol. The van der Waals surface area contributed by atoms with Crippen LogP contribution in [0, 0.1) is 0 Å². The molecule has 6 heteroatoms. The average molecular weight is 1170 g/mol. The molecule has 488 valence electrons. The standard InChI is InChI=1S/C77H144O6/c1-4-7-10-13-16-19-22-25-27-29-31-33-35-37-38-40-41-43-45-47-49-52-55-58-61-64-67-70-76(79)82-73-74(72-81-75(78)69-66-63-60-57-54-51-24-21-18-15-12-9-6-3)83-77(80)71-68-65-62-59-56-53-50-48-46-44-42-39-36-34-32-30-28-26-23-20-17-14-11-8-5-2/h23,26,30,32,36,39,74H,4-22,24-25,27-29,31,33-35,37-38,40-73H2,1-3H3/b26-23-,32-30-,39-36-. The molecule has 0 aromatic heterocycles. The largest absolute Gasteiger partial charge is 0.462 e. The minimum absolute atomic E-state index is 0.0674. The van der Waals surface area contributed by atoms with Gasteiger partial charge in [-0.05, 0) is 57.8 Å². The van der Waals surface area contributed by atoms with Crippen LogP contribution in [0.5, 0.6) is 0 Å². The van der Waals surface area contributed by atoms with E-state index < -0.39 is 6.10 Å². The Morgan fingerprint density at radius 2 is 0.434 bits per heavy atom. The molecule has 0 N–H and O–H groups in total. The molecule has 1 atom stereocenters. The van der Waals surface area contributed by atoms with E-state index >= 15 is 0 Å². The van der Waals surface area contributed by atoms with Crippen LogP contribution in [0.25, 0.3) is 0 Å². The molecule has 0 rings (SSSR count). The van der Waals surface area contributed by atoms with Crippen molar-refractivity contribution in [1.29, 1.82) is 0 Å². The maximum atomic E-state index is 13.0. The molecule has 0 amide bonds.